The van der Waals surface area contributed by atoms with E-state index in [1.165, 1.54) is 0 Å². The van der Waals surface area contributed by atoms with Gasteiger partial charge in [-0.2, -0.15) is 0 Å². The van der Waals surface area contributed by atoms with Gasteiger partial charge in [0.1, 0.15) is 0 Å². The smallest absolute Gasteiger partial charge is 0.0603 e. The lowest BCUT2D eigenvalue weighted by molar-refractivity contribution is 1.48. The summed E-state index contributed by atoms with van der Waals surface area (Å²) in [5.74, 6) is 0. The lowest BCUT2D eigenvalue weighted by atomic mass is 10.4. The van der Waals surface area contributed by atoms with Crippen LogP contribution in [0.25, 0.3) is 0 Å². The summed E-state index contributed by atoms with van der Waals surface area (Å²) in [6.45, 7) is 0. The highest BCUT2D eigenvalue weighted by Gasteiger charge is 1.97. The molecule has 0 bridgehead atoms. The van der Waals surface area contributed by atoms with Crippen LogP contribution >= 0.6 is 44.9 Å². The topological polar surface area (TPSA) is 0 Å². The third kappa shape index (κ3) is 1.96. The van der Waals surface area contributed by atoms with Gasteiger partial charge in [-0.15, -0.1) is 0 Å². The fourth-order valence-corrected chi connectivity index (χ4v) is 1.46. The van der Waals surface area contributed by atoms with E-state index < -0.39 is 0 Å². The summed E-state index contributed by atoms with van der Waals surface area (Å²) in [5, 5.41) is 1.09. The van der Waals surface area contributed by atoms with Crippen LogP contribution in [-0.4, -0.2) is 0 Å². The van der Waals surface area contributed by atoms with Gasteiger partial charge in [-0.25, -0.2) is 0 Å². The quantitative estimate of drug-likeness (QED) is 0.672. The van der Waals surface area contributed by atoms with Gasteiger partial charge in [0.15, 0.2) is 0 Å². The van der Waals surface area contributed by atoms with Crippen molar-refractivity contribution in [2.45, 2.75) is 4.90 Å². The molecule has 0 atom stereocenters. The van der Waals surface area contributed by atoms with Crippen LogP contribution in [0, 0.1) is 0 Å². The van der Waals surface area contributed by atoms with Crippen LogP contribution in [0.15, 0.2) is 23.1 Å². The Labute approximate surface area is 78.0 Å². The Bertz CT molecular complexity index is 236. The number of hydrogen-bond donors (Lipinski definition) is 0. The Hall–Kier alpha value is 0.440. The van der Waals surface area contributed by atoms with Crippen molar-refractivity contribution in [3.05, 3.63) is 28.2 Å². The zero-order valence-corrected chi connectivity index (χ0v) is 7.86. The standard InChI is InChI=1S/C6H3Cl3S/c7-5-2-1-4(10-9)3-6(5)8/h1-3H. The van der Waals surface area contributed by atoms with Gasteiger partial charge in [-0.05, 0) is 39.9 Å². The average molecular weight is 214 g/mol. The minimum absolute atomic E-state index is 0.535. The Balaban J connectivity index is 3.04. The molecule has 0 radical (unpaired) electrons. The largest absolute Gasteiger partial charge is 0.0827 e. The van der Waals surface area contributed by atoms with Crippen molar-refractivity contribution >= 4 is 44.9 Å². The molecule has 0 aliphatic rings. The highest BCUT2D eigenvalue weighted by atomic mass is 35.7. The van der Waals surface area contributed by atoms with E-state index in [1.807, 2.05) is 6.07 Å². The van der Waals surface area contributed by atoms with E-state index in [0.29, 0.717) is 10.0 Å². The highest BCUT2D eigenvalue weighted by Crippen LogP contribution is 2.29. The molecule has 0 saturated carbocycles. The van der Waals surface area contributed by atoms with Gasteiger partial charge in [0.05, 0.1) is 10.0 Å². The summed E-state index contributed by atoms with van der Waals surface area (Å²) < 4.78 is 0. The number of rotatable bonds is 1. The second-order valence-electron chi connectivity index (χ2n) is 1.65. The van der Waals surface area contributed by atoms with Gasteiger partial charge < -0.3 is 0 Å². The predicted molar refractivity (Wildman–Crippen MR) is 48.2 cm³/mol. The minimum atomic E-state index is 0.535. The molecule has 0 saturated heterocycles. The average Bonchev–Trinajstić information content (AvgIpc) is 1.95. The van der Waals surface area contributed by atoms with Crippen molar-refractivity contribution in [1.82, 2.24) is 0 Å². The van der Waals surface area contributed by atoms with Gasteiger partial charge >= 0.3 is 0 Å². The molecule has 0 spiro atoms. The summed E-state index contributed by atoms with van der Waals surface area (Å²) in [6.07, 6.45) is 0. The summed E-state index contributed by atoms with van der Waals surface area (Å²) in [6, 6.07) is 5.25. The van der Waals surface area contributed by atoms with E-state index in [2.05, 4.69) is 0 Å². The molecule has 10 heavy (non-hydrogen) atoms. The highest BCUT2D eigenvalue weighted by molar-refractivity contribution is 8.21. The molecule has 54 valence electrons. The van der Waals surface area contributed by atoms with Crippen molar-refractivity contribution in [2.75, 3.05) is 0 Å². The van der Waals surface area contributed by atoms with Crippen molar-refractivity contribution < 1.29 is 0 Å². The van der Waals surface area contributed by atoms with Crippen LogP contribution in [0.2, 0.25) is 10.0 Å². The summed E-state index contributed by atoms with van der Waals surface area (Å²) in [7, 11) is 6.59. The molecule has 1 aromatic carbocycles. The van der Waals surface area contributed by atoms with Crippen molar-refractivity contribution in [1.29, 1.82) is 0 Å². The molecule has 0 aromatic heterocycles. The van der Waals surface area contributed by atoms with Crippen LogP contribution in [-0.2, 0) is 0 Å². The summed E-state index contributed by atoms with van der Waals surface area (Å²) in [4.78, 5) is 0.899. The fraction of sp³-hybridized carbons (Fsp3) is 0. The number of benzene rings is 1. The molecule has 0 unspecified atom stereocenters. The molecule has 0 fully saturated rings. The molecule has 0 amide bonds. The Morgan fingerprint density at radius 1 is 1.10 bits per heavy atom. The van der Waals surface area contributed by atoms with Gasteiger partial charge in [0, 0.05) is 4.90 Å². The maximum Gasteiger partial charge on any atom is 0.0603 e. The molecular weight excluding hydrogens is 210 g/mol. The first-order valence-electron chi connectivity index (χ1n) is 2.47. The first-order chi connectivity index (χ1) is 4.74. The van der Waals surface area contributed by atoms with Crippen LogP contribution in [0.1, 0.15) is 0 Å². The van der Waals surface area contributed by atoms with Gasteiger partial charge in [-0.1, -0.05) is 23.2 Å². The van der Waals surface area contributed by atoms with E-state index >= 15 is 0 Å². The van der Waals surface area contributed by atoms with Crippen molar-refractivity contribution in [3.63, 3.8) is 0 Å². The maximum absolute atomic E-state index is 5.69. The Morgan fingerprint density at radius 3 is 2.30 bits per heavy atom. The molecule has 1 rings (SSSR count). The molecule has 0 aliphatic heterocycles. The van der Waals surface area contributed by atoms with E-state index in [4.69, 9.17) is 33.9 Å². The van der Waals surface area contributed by atoms with Crippen LogP contribution in [0.3, 0.4) is 0 Å². The third-order valence-corrected chi connectivity index (χ3v) is 2.69. The van der Waals surface area contributed by atoms with Gasteiger partial charge in [0.2, 0.25) is 0 Å². The van der Waals surface area contributed by atoms with E-state index in [0.717, 1.165) is 15.9 Å². The van der Waals surface area contributed by atoms with Crippen molar-refractivity contribution in [2.24, 2.45) is 0 Å². The summed E-state index contributed by atoms with van der Waals surface area (Å²) >= 11 is 11.3. The monoisotopic (exact) mass is 212 g/mol. The SMILES string of the molecule is ClSc1ccc(Cl)c(Cl)c1. The zero-order valence-electron chi connectivity index (χ0n) is 4.77. The number of hydrogen-bond acceptors (Lipinski definition) is 1. The Kier molecular flexibility index (Phi) is 3.18. The third-order valence-electron chi connectivity index (χ3n) is 0.980. The first kappa shape index (κ1) is 8.54. The second kappa shape index (κ2) is 3.72. The Morgan fingerprint density at radius 2 is 1.80 bits per heavy atom. The van der Waals surface area contributed by atoms with Crippen LogP contribution < -0.4 is 0 Å². The number of halogens is 3. The van der Waals surface area contributed by atoms with E-state index in [1.54, 1.807) is 12.1 Å². The molecule has 4 heteroatoms. The van der Waals surface area contributed by atoms with Gasteiger partial charge in [0.25, 0.3) is 0 Å². The lowest BCUT2D eigenvalue weighted by Gasteiger charge is -1.95. The molecular formula is C6H3Cl3S. The summed E-state index contributed by atoms with van der Waals surface area (Å²) in [5.41, 5.74) is 0. The van der Waals surface area contributed by atoms with Crippen LogP contribution in [0.4, 0.5) is 0 Å². The minimum Gasteiger partial charge on any atom is -0.0827 e. The van der Waals surface area contributed by atoms with Crippen molar-refractivity contribution in [3.8, 4) is 0 Å². The zero-order chi connectivity index (χ0) is 7.56. The van der Waals surface area contributed by atoms with Crippen LogP contribution in [0.5, 0.6) is 0 Å². The first-order valence-corrected chi connectivity index (χ1v) is 4.87. The molecule has 0 N–H and O–H groups in total. The predicted octanol–water partition coefficient (Wildman–Crippen LogP) is 4.24. The van der Waals surface area contributed by atoms with Gasteiger partial charge in [-0.3, -0.25) is 0 Å². The van der Waals surface area contributed by atoms with E-state index in [-0.39, 0.29) is 0 Å². The maximum atomic E-state index is 5.69. The molecule has 0 nitrogen and oxygen atoms in total. The molecule has 1 aromatic rings. The van der Waals surface area contributed by atoms with E-state index in [9.17, 15) is 0 Å². The second-order valence-corrected chi connectivity index (χ2v) is 3.56. The molecule has 0 aliphatic carbocycles. The fourth-order valence-electron chi connectivity index (χ4n) is 0.525. The lowest BCUT2D eigenvalue weighted by Crippen LogP contribution is -1.69. The normalized spacial score (nSPS) is 9.90. The molecule has 0 heterocycles.